The van der Waals surface area contributed by atoms with Crippen molar-refractivity contribution < 1.29 is 14.9 Å². The summed E-state index contributed by atoms with van der Waals surface area (Å²) >= 11 is 0. The van der Waals surface area contributed by atoms with E-state index in [9.17, 15) is 9.59 Å². The Bertz CT molecular complexity index is 566. The molecule has 0 unspecified atom stereocenters. The predicted molar refractivity (Wildman–Crippen MR) is 97.1 cm³/mol. The Balaban J connectivity index is 2.51. The number of carbonyl (C=O) groups excluding carboxylic acids is 2. The minimum atomic E-state index is -0.0759. The van der Waals surface area contributed by atoms with Crippen LogP contribution in [0.1, 0.15) is 43.0 Å². The van der Waals surface area contributed by atoms with Gasteiger partial charge in [0.25, 0.3) is 11.8 Å². The van der Waals surface area contributed by atoms with Gasteiger partial charge in [0.05, 0.1) is 0 Å². The molecule has 4 N–H and O–H groups in total. The molecule has 1 aromatic carbocycles. The van der Waals surface area contributed by atoms with E-state index in [1.165, 1.54) is 22.3 Å². The van der Waals surface area contributed by atoms with Crippen LogP contribution in [0, 0.1) is 13.8 Å². The highest BCUT2D eigenvalue weighted by Gasteiger charge is 2.16. The van der Waals surface area contributed by atoms with Crippen LogP contribution in [-0.4, -0.2) is 38.5 Å². The third-order valence-electron chi connectivity index (χ3n) is 4.20. The van der Waals surface area contributed by atoms with Crippen LogP contribution in [0.4, 0.5) is 0 Å². The Morgan fingerprint density at radius 3 is 2.08 bits per heavy atom. The molecular weight excluding hydrogens is 302 g/mol. The zero-order valence-corrected chi connectivity index (χ0v) is 15.9. The molecule has 5 heteroatoms. The number of carbonyl (C=O) groups is 2. The van der Waals surface area contributed by atoms with Crippen LogP contribution in [0.3, 0.4) is 0 Å². The summed E-state index contributed by atoms with van der Waals surface area (Å²) in [5.41, 5.74) is 5.34. The summed E-state index contributed by atoms with van der Waals surface area (Å²) in [4.78, 5) is 22.9. The molecule has 0 atom stereocenters. The van der Waals surface area contributed by atoms with Gasteiger partial charge in [0.1, 0.15) is 0 Å². The van der Waals surface area contributed by atoms with Gasteiger partial charge < -0.3 is 16.0 Å². The quantitative estimate of drug-likeness (QED) is 0.682. The molecule has 0 fully saturated rings. The highest BCUT2D eigenvalue weighted by Crippen LogP contribution is 2.26. The first-order valence-electron chi connectivity index (χ1n) is 8.54. The Labute approximate surface area is 145 Å². The fraction of sp³-hybridized carbons (Fsp3) is 0.579. The average Bonchev–Trinajstić information content (AvgIpc) is 2.48. The van der Waals surface area contributed by atoms with Crippen LogP contribution in [0.5, 0.6) is 0 Å². The fourth-order valence-electron chi connectivity index (χ4n) is 2.66. The molecule has 0 saturated carbocycles. The summed E-state index contributed by atoms with van der Waals surface area (Å²) in [7, 11) is 1.59. The molecule has 0 aliphatic heterocycles. The van der Waals surface area contributed by atoms with Gasteiger partial charge in [0, 0.05) is 13.6 Å². The lowest BCUT2D eigenvalue weighted by Gasteiger charge is -2.22. The fourth-order valence-corrected chi connectivity index (χ4v) is 2.66. The SMILES string of the molecule is CNC(=O)C[NH2+]CC(=O)NCCc1c(C)cc(C(C)(C)C)cc1C. The summed E-state index contributed by atoms with van der Waals surface area (Å²) in [6.07, 6.45) is 0.823. The molecule has 1 aromatic rings. The Morgan fingerprint density at radius 1 is 1.04 bits per heavy atom. The van der Waals surface area contributed by atoms with E-state index in [-0.39, 0.29) is 30.3 Å². The number of hydrogen-bond donors (Lipinski definition) is 3. The van der Waals surface area contributed by atoms with Crippen molar-refractivity contribution in [3.05, 3.63) is 34.4 Å². The van der Waals surface area contributed by atoms with Crippen molar-refractivity contribution in [2.75, 3.05) is 26.7 Å². The predicted octanol–water partition coefficient (Wildman–Crippen LogP) is 0.569. The monoisotopic (exact) mass is 334 g/mol. The second-order valence-electron chi connectivity index (χ2n) is 7.31. The number of quaternary nitrogens is 1. The number of hydrogen-bond acceptors (Lipinski definition) is 2. The highest BCUT2D eigenvalue weighted by atomic mass is 16.2. The van der Waals surface area contributed by atoms with Crippen molar-refractivity contribution in [1.29, 1.82) is 0 Å². The first kappa shape index (κ1) is 20.2. The third-order valence-corrected chi connectivity index (χ3v) is 4.20. The van der Waals surface area contributed by atoms with Crippen molar-refractivity contribution in [2.45, 2.75) is 46.5 Å². The van der Waals surface area contributed by atoms with E-state index in [0.29, 0.717) is 6.54 Å². The minimum absolute atomic E-state index is 0.0412. The maximum atomic E-state index is 11.8. The maximum absolute atomic E-state index is 11.8. The summed E-state index contributed by atoms with van der Waals surface area (Å²) in [5, 5.41) is 7.15. The zero-order chi connectivity index (χ0) is 18.3. The molecule has 0 aliphatic carbocycles. The summed E-state index contributed by atoms with van der Waals surface area (Å²) in [5.74, 6) is -0.117. The van der Waals surface area contributed by atoms with E-state index in [4.69, 9.17) is 0 Å². The number of aryl methyl sites for hydroxylation is 2. The lowest BCUT2D eigenvalue weighted by atomic mass is 9.83. The molecule has 0 spiro atoms. The number of amides is 2. The van der Waals surface area contributed by atoms with E-state index in [0.717, 1.165) is 6.42 Å². The second kappa shape index (κ2) is 8.83. The highest BCUT2D eigenvalue weighted by molar-refractivity contribution is 5.78. The smallest absolute Gasteiger partial charge is 0.275 e. The number of likely N-dealkylation sites (N-methyl/N-ethyl adjacent to an activating group) is 1. The average molecular weight is 334 g/mol. The molecule has 2 amide bonds. The molecule has 0 radical (unpaired) electrons. The number of nitrogens with one attached hydrogen (secondary N) is 2. The first-order valence-corrected chi connectivity index (χ1v) is 8.54. The molecule has 0 bridgehead atoms. The number of rotatable bonds is 7. The zero-order valence-electron chi connectivity index (χ0n) is 15.9. The first-order chi connectivity index (χ1) is 11.1. The van der Waals surface area contributed by atoms with Crippen LogP contribution >= 0.6 is 0 Å². The maximum Gasteiger partial charge on any atom is 0.275 e. The Morgan fingerprint density at radius 2 is 1.58 bits per heavy atom. The van der Waals surface area contributed by atoms with Crippen molar-refractivity contribution in [3.63, 3.8) is 0 Å². The van der Waals surface area contributed by atoms with E-state index >= 15 is 0 Å². The summed E-state index contributed by atoms with van der Waals surface area (Å²) in [6, 6.07) is 4.50. The lowest BCUT2D eigenvalue weighted by molar-refractivity contribution is -0.633. The van der Waals surface area contributed by atoms with E-state index in [1.807, 2.05) is 0 Å². The van der Waals surface area contributed by atoms with Crippen molar-refractivity contribution >= 4 is 11.8 Å². The topological polar surface area (TPSA) is 74.8 Å². The largest absolute Gasteiger partial charge is 0.354 e. The minimum Gasteiger partial charge on any atom is -0.354 e. The van der Waals surface area contributed by atoms with Gasteiger partial charge in [0.2, 0.25) is 0 Å². The van der Waals surface area contributed by atoms with E-state index in [1.54, 1.807) is 12.4 Å². The van der Waals surface area contributed by atoms with Crippen LogP contribution in [-0.2, 0) is 21.4 Å². The van der Waals surface area contributed by atoms with E-state index in [2.05, 4.69) is 57.4 Å². The van der Waals surface area contributed by atoms with Crippen LogP contribution in [0.25, 0.3) is 0 Å². The second-order valence-corrected chi connectivity index (χ2v) is 7.31. The molecule has 5 nitrogen and oxygen atoms in total. The Kier molecular flexibility index (Phi) is 7.42. The molecule has 0 aromatic heterocycles. The number of nitrogens with two attached hydrogens (primary N) is 1. The van der Waals surface area contributed by atoms with Gasteiger partial charge >= 0.3 is 0 Å². The van der Waals surface area contributed by atoms with Gasteiger partial charge in [-0.25, -0.2) is 0 Å². The van der Waals surface area contributed by atoms with Crippen molar-refractivity contribution in [3.8, 4) is 0 Å². The van der Waals surface area contributed by atoms with Crippen LogP contribution in [0.2, 0.25) is 0 Å². The van der Waals surface area contributed by atoms with Gasteiger partial charge in [-0.3, -0.25) is 9.59 Å². The summed E-state index contributed by atoms with van der Waals surface area (Å²) < 4.78 is 0. The van der Waals surface area contributed by atoms with Gasteiger partial charge in [0.15, 0.2) is 13.1 Å². The molecule has 1 rings (SSSR count). The number of benzene rings is 1. The van der Waals surface area contributed by atoms with Crippen LogP contribution < -0.4 is 16.0 Å². The van der Waals surface area contributed by atoms with Gasteiger partial charge in [-0.15, -0.1) is 0 Å². The van der Waals surface area contributed by atoms with Gasteiger partial charge in [-0.05, 0) is 47.9 Å². The Hall–Kier alpha value is -1.88. The molecule has 0 aliphatic rings. The van der Waals surface area contributed by atoms with Crippen molar-refractivity contribution in [1.82, 2.24) is 10.6 Å². The van der Waals surface area contributed by atoms with Crippen LogP contribution in [0.15, 0.2) is 12.1 Å². The van der Waals surface area contributed by atoms with Crippen molar-refractivity contribution in [2.24, 2.45) is 0 Å². The standard InChI is InChI=1S/C19H31N3O2/c1-13-9-15(19(3,4)5)10-14(2)16(13)7-8-22-18(24)12-21-11-17(23)20-6/h9-10,21H,7-8,11-12H2,1-6H3,(H,20,23)(H,22,24)/p+1. The van der Waals surface area contributed by atoms with E-state index < -0.39 is 0 Å². The molecule has 0 heterocycles. The molecule has 134 valence electrons. The van der Waals surface area contributed by atoms with Gasteiger partial charge in [-0.2, -0.15) is 0 Å². The molecule has 0 saturated heterocycles. The molecular formula is C19H32N3O2+. The normalized spacial score (nSPS) is 11.2. The lowest BCUT2D eigenvalue weighted by Crippen LogP contribution is -2.88. The summed E-state index contributed by atoms with van der Waals surface area (Å²) in [6.45, 7) is 12.1. The van der Waals surface area contributed by atoms with Gasteiger partial charge in [-0.1, -0.05) is 32.9 Å². The third kappa shape index (κ3) is 6.32. The molecule has 24 heavy (non-hydrogen) atoms.